The van der Waals surface area contributed by atoms with Crippen molar-refractivity contribution >= 4 is 33.1 Å². The van der Waals surface area contributed by atoms with Crippen LogP contribution < -0.4 is 0 Å². The maximum absolute atomic E-state index is 10.6. The zero-order chi connectivity index (χ0) is 8.55. The van der Waals surface area contributed by atoms with E-state index in [1.165, 1.54) is 0 Å². The number of aromatic amines is 1. The Labute approximate surface area is 77.7 Å². The molecule has 0 radical (unpaired) electrons. The lowest BCUT2D eigenvalue weighted by molar-refractivity contribution is 0.112. The molecule has 0 aliphatic rings. The highest BCUT2D eigenvalue weighted by atomic mass is 79.9. The molecule has 0 aliphatic heterocycles. The number of H-pyrrole nitrogens is 1. The minimum Gasteiger partial charge on any atom is -0.361 e. The van der Waals surface area contributed by atoms with E-state index in [-0.39, 0.29) is 0 Å². The Morgan fingerprint density at radius 2 is 2.17 bits per heavy atom. The Balaban J connectivity index is 2.86. The Kier molecular flexibility index (Phi) is 1.73. The van der Waals surface area contributed by atoms with E-state index in [0.29, 0.717) is 5.56 Å². The molecule has 0 atom stereocenters. The van der Waals surface area contributed by atoms with Crippen LogP contribution in [0, 0.1) is 0 Å². The molecule has 1 N–H and O–H groups in total. The third-order valence-electron chi connectivity index (χ3n) is 1.83. The fourth-order valence-corrected chi connectivity index (χ4v) is 1.78. The number of benzene rings is 1. The molecule has 0 saturated heterocycles. The number of hydrogen-bond acceptors (Lipinski definition) is 1. The Morgan fingerprint density at radius 1 is 1.33 bits per heavy atom. The summed E-state index contributed by atoms with van der Waals surface area (Å²) in [6.07, 6.45) is 2.69. The number of aldehydes is 1. The summed E-state index contributed by atoms with van der Waals surface area (Å²) in [6.45, 7) is 0. The lowest BCUT2D eigenvalue weighted by atomic mass is 10.2. The normalized spacial score (nSPS) is 10.4. The SMILES string of the molecule is O=Cc1ccc2[nH]ccc2c1Br. The molecule has 0 amide bonds. The molecule has 1 aromatic heterocycles. The van der Waals surface area contributed by atoms with Gasteiger partial charge in [-0.15, -0.1) is 0 Å². The maximum Gasteiger partial charge on any atom is 0.151 e. The Bertz CT molecular complexity index is 433. The highest BCUT2D eigenvalue weighted by molar-refractivity contribution is 9.10. The molecule has 2 rings (SSSR count). The van der Waals surface area contributed by atoms with Gasteiger partial charge in [0.15, 0.2) is 6.29 Å². The fourth-order valence-electron chi connectivity index (χ4n) is 1.20. The van der Waals surface area contributed by atoms with Crippen molar-refractivity contribution < 1.29 is 4.79 Å². The Morgan fingerprint density at radius 3 is 2.92 bits per heavy atom. The van der Waals surface area contributed by atoms with Gasteiger partial charge in [0, 0.05) is 27.1 Å². The summed E-state index contributed by atoms with van der Waals surface area (Å²) in [4.78, 5) is 13.6. The number of nitrogens with one attached hydrogen (secondary N) is 1. The van der Waals surface area contributed by atoms with E-state index in [0.717, 1.165) is 21.7 Å². The second-order valence-electron chi connectivity index (χ2n) is 2.53. The summed E-state index contributed by atoms with van der Waals surface area (Å²) in [5.74, 6) is 0. The van der Waals surface area contributed by atoms with Crippen LogP contribution >= 0.6 is 15.9 Å². The number of carbonyl (C=O) groups is 1. The third kappa shape index (κ3) is 0.975. The molecule has 0 spiro atoms. The van der Waals surface area contributed by atoms with Crippen molar-refractivity contribution in [1.29, 1.82) is 0 Å². The van der Waals surface area contributed by atoms with Gasteiger partial charge in [0.2, 0.25) is 0 Å². The van der Waals surface area contributed by atoms with E-state index in [1.807, 2.05) is 18.3 Å². The van der Waals surface area contributed by atoms with E-state index >= 15 is 0 Å². The van der Waals surface area contributed by atoms with Crippen molar-refractivity contribution in [3.8, 4) is 0 Å². The molecule has 1 aromatic carbocycles. The quantitative estimate of drug-likeness (QED) is 0.742. The molecule has 60 valence electrons. The van der Waals surface area contributed by atoms with E-state index in [4.69, 9.17) is 0 Å². The van der Waals surface area contributed by atoms with Gasteiger partial charge in [0.05, 0.1) is 0 Å². The van der Waals surface area contributed by atoms with Gasteiger partial charge in [-0.1, -0.05) is 0 Å². The molecule has 0 saturated carbocycles. The second-order valence-corrected chi connectivity index (χ2v) is 3.32. The van der Waals surface area contributed by atoms with Crippen LogP contribution in [0.3, 0.4) is 0 Å². The van der Waals surface area contributed by atoms with Crippen molar-refractivity contribution in [2.45, 2.75) is 0 Å². The van der Waals surface area contributed by atoms with Crippen LogP contribution in [0.4, 0.5) is 0 Å². The van der Waals surface area contributed by atoms with Crippen molar-refractivity contribution in [2.24, 2.45) is 0 Å². The second kappa shape index (κ2) is 2.75. The lowest BCUT2D eigenvalue weighted by Crippen LogP contribution is -1.81. The van der Waals surface area contributed by atoms with Gasteiger partial charge >= 0.3 is 0 Å². The van der Waals surface area contributed by atoms with Gasteiger partial charge in [-0.3, -0.25) is 4.79 Å². The highest BCUT2D eigenvalue weighted by Gasteiger charge is 2.03. The van der Waals surface area contributed by atoms with Crippen molar-refractivity contribution in [3.05, 3.63) is 34.4 Å². The van der Waals surface area contributed by atoms with Gasteiger partial charge in [0.25, 0.3) is 0 Å². The van der Waals surface area contributed by atoms with Crippen molar-refractivity contribution in [3.63, 3.8) is 0 Å². The fraction of sp³-hybridized carbons (Fsp3) is 0. The van der Waals surface area contributed by atoms with Crippen LogP contribution in [0.5, 0.6) is 0 Å². The first kappa shape index (κ1) is 7.55. The first-order valence-corrected chi connectivity index (χ1v) is 4.33. The first-order valence-electron chi connectivity index (χ1n) is 3.53. The van der Waals surface area contributed by atoms with Gasteiger partial charge in [0.1, 0.15) is 0 Å². The third-order valence-corrected chi connectivity index (χ3v) is 2.71. The Hall–Kier alpha value is -1.09. The predicted molar refractivity (Wildman–Crippen MR) is 51.4 cm³/mol. The largest absolute Gasteiger partial charge is 0.361 e. The van der Waals surface area contributed by atoms with Crippen molar-refractivity contribution in [1.82, 2.24) is 4.98 Å². The molecule has 1 heterocycles. The first-order chi connectivity index (χ1) is 5.83. The van der Waals surface area contributed by atoms with Crippen LogP contribution in [0.1, 0.15) is 10.4 Å². The molecular formula is C9H6BrNO. The van der Waals surface area contributed by atoms with Crippen LogP contribution in [-0.4, -0.2) is 11.3 Å². The molecule has 3 heteroatoms. The summed E-state index contributed by atoms with van der Waals surface area (Å²) in [5.41, 5.74) is 1.72. The predicted octanol–water partition coefficient (Wildman–Crippen LogP) is 2.74. The summed E-state index contributed by atoms with van der Waals surface area (Å²) < 4.78 is 0.858. The van der Waals surface area contributed by atoms with Crippen LogP contribution in [0.2, 0.25) is 0 Å². The molecule has 12 heavy (non-hydrogen) atoms. The standard InChI is InChI=1S/C9H6BrNO/c10-9-6(5-12)1-2-8-7(9)3-4-11-8/h1-5,11H. The smallest absolute Gasteiger partial charge is 0.151 e. The van der Waals surface area contributed by atoms with Crippen LogP contribution in [0.15, 0.2) is 28.9 Å². The number of carbonyl (C=O) groups excluding carboxylic acids is 1. The van der Waals surface area contributed by atoms with Crippen LogP contribution in [0.25, 0.3) is 10.9 Å². The minimum atomic E-state index is 0.683. The van der Waals surface area contributed by atoms with Gasteiger partial charge in [-0.2, -0.15) is 0 Å². The number of hydrogen-bond donors (Lipinski definition) is 1. The zero-order valence-electron chi connectivity index (χ0n) is 6.17. The molecule has 2 aromatic rings. The summed E-state index contributed by atoms with van der Waals surface area (Å²) in [7, 11) is 0. The average Bonchev–Trinajstić information content (AvgIpc) is 2.53. The summed E-state index contributed by atoms with van der Waals surface area (Å²) >= 11 is 3.37. The number of fused-ring (bicyclic) bond motifs is 1. The average molecular weight is 224 g/mol. The van der Waals surface area contributed by atoms with E-state index in [1.54, 1.807) is 6.07 Å². The van der Waals surface area contributed by atoms with Crippen molar-refractivity contribution in [2.75, 3.05) is 0 Å². The summed E-state index contributed by atoms with van der Waals surface area (Å²) in [6, 6.07) is 5.62. The molecule has 0 unspecified atom stereocenters. The lowest BCUT2D eigenvalue weighted by Gasteiger charge is -1.96. The maximum atomic E-state index is 10.6. The number of halogens is 1. The molecule has 2 nitrogen and oxygen atoms in total. The zero-order valence-corrected chi connectivity index (χ0v) is 7.76. The topological polar surface area (TPSA) is 32.9 Å². The van der Waals surface area contributed by atoms with E-state index in [9.17, 15) is 4.79 Å². The minimum absolute atomic E-state index is 0.683. The van der Waals surface area contributed by atoms with Gasteiger partial charge in [-0.05, 0) is 34.1 Å². The van der Waals surface area contributed by atoms with E-state index < -0.39 is 0 Å². The number of aromatic nitrogens is 1. The van der Waals surface area contributed by atoms with Crippen LogP contribution in [-0.2, 0) is 0 Å². The monoisotopic (exact) mass is 223 g/mol. The van der Waals surface area contributed by atoms with Gasteiger partial charge < -0.3 is 4.98 Å². The highest BCUT2D eigenvalue weighted by Crippen LogP contribution is 2.25. The molecular weight excluding hydrogens is 218 g/mol. The molecule has 0 bridgehead atoms. The molecule has 0 fully saturated rings. The number of rotatable bonds is 1. The molecule has 0 aliphatic carbocycles. The van der Waals surface area contributed by atoms with E-state index in [2.05, 4.69) is 20.9 Å². The summed E-state index contributed by atoms with van der Waals surface area (Å²) in [5, 5.41) is 1.04. The van der Waals surface area contributed by atoms with Gasteiger partial charge in [-0.25, -0.2) is 0 Å².